The van der Waals surface area contributed by atoms with E-state index in [0.717, 1.165) is 212 Å². The lowest BCUT2D eigenvalue weighted by atomic mass is 9.80. The molecule has 738 valence electrons. The normalized spacial score (nSPS) is 18.8. The minimum atomic E-state index is -1.57. The molecule has 148 heavy (non-hydrogen) atoms. The van der Waals surface area contributed by atoms with Crippen LogP contribution in [0.2, 0.25) is 0 Å². The molecule has 3 atom stereocenters. The van der Waals surface area contributed by atoms with E-state index in [1.165, 1.54) is 60.0 Å². The molecule has 17 aromatic carbocycles. The highest BCUT2D eigenvalue weighted by atomic mass is 19.1. The minimum absolute atomic E-state index is 0.116. The van der Waals surface area contributed by atoms with Crippen LogP contribution in [0.1, 0.15) is 103 Å². The van der Waals surface area contributed by atoms with Gasteiger partial charge in [0.05, 0.1) is 67.1 Å². The van der Waals surface area contributed by atoms with Crippen molar-refractivity contribution in [2.75, 3.05) is 139 Å². The van der Waals surface area contributed by atoms with Gasteiger partial charge in [0.2, 0.25) is 0 Å². The molecule has 0 bridgehead atoms. The number of ether oxygens (including phenoxy) is 10. The molecule has 26 rings (SSSR count). The van der Waals surface area contributed by atoms with Gasteiger partial charge in [0.1, 0.15) is 28.8 Å². The summed E-state index contributed by atoms with van der Waals surface area (Å²) in [6.07, 6.45) is 22.9. The van der Waals surface area contributed by atoms with Crippen molar-refractivity contribution in [3.63, 3.8) is 0 Å². The Labute approximate surface area is 860 Å². The third-order valence-corrected chi connectivity index (χ3v) is 30.2. The maximum atomic E-state index is 15.0. The number of terminal acetylenes is 1. The van der Waals surface area contributed by atoms with Crippen LogP contribution >= 0.6 is 0 Å². The van der Waals surface area contributed by atoms with E-state index in [9.17, 15) is 18.3 Å². The summed E-state index contributed by atoms with van der Waals surface area (Å²) in [4.78, 5) is 9.34. The van der Waals surface area contributed by atoms with Crippen molar-refractivity contribution in [2.24, 2.45) is 0 Å². The largest absolute Gasteiger partial charge is 0.494 e. The van der Waals surface area contributed by atoms with E-state index in [0.29, 0.717) is 54.8 Å². The number of rotatable bonds is 15. The highest BCUT2D eigenvalue weighted by Crippen LogP contribution is 2.59. The van der Waals surface area contributed by atoms with Crippen molar-refractivity contribution in [3.05, 3.63) is 465 Å². The zero-order chi connectivity index (χ0) is 101. The molecule has 3 unspecified atom stereocenters. The summed E-state index contributed by atoms with van der Waals surface area (Å²) in [7, 11) is 2.83. The maximum absolute atomic E-state index is 15.0. The van der Waals surface area contributed by atoms with Crippen molar-refractivity contribution in [2.45, 2.75) is 47.8 Å². The van der Waals surface area contributed by atoms with Crippen LogP contribution in [0.4, 0.5) is 35.9 Å². The van der Waals surface area contributed by atoms with Crippen molar-refractivity contribution in [3.8, 4) is 58.0 Å². The van der Waals surface area contributed by atoms with Crippen LogP contribution in [-0.4, -0.2) is 125 Å². The van der Waals surface area contributed by atoms with Crippen LogP contribution in [0.5, 0.6) is 34.5 Å². The predicted molar refractivity (Wildman–Crippen MR) is 586 cm³/mol. The van der Waals surface area contributed by atoms with Gasteiger partial charge >= 0.3 is 0 Å². The topological polar surface area (TPSA) is 125 Å². The second-order valence-corrected chi connectivity index (χ2v) is 38.7. The number of halogens is 3. The van der Waals surface area contributed by atoms with Crippen LogP contribution < -0.4 is 48.0 Å². The summed E-state index contributed by atoms with van der Waals surface area (Å²) in [5.74, 6) is 5.15. The van der Waals surface area contributed by atoms with E-state index in [1.807, 2.05) is 91.0 Å². The molecule has 15 nitrogen and oxygen atoms in total. The first-order valence-electron chi connectivity index (χ1n) is 50.8. The van der Waals surface area contributed by atoms with Crippen LogP contribution in [0.3, 0.4) is 0 Å². The summed E-state index contributed by atoms with van der Waals surface area (Å²) in [6.45, 7) is 16.8. The Morgan fingerprint density at radius 3 is 1.14 bits per heavy atom. The maximum Gasteiger partial charge on any atom is 0.178 e. The number of morpholine rings is 4. The molecule has 17 aromatic rings. The van der Waals surface area contributed by atoms with E-state index in [1.54, 1.807) is 36.4 Å². The summed E-state index contributed by atoms with van der Waals surface area (Å²) in [5.41, 5.74) is 14.8. The fraction of sp³-hybridized carbons (Fsp3) is 0.200. The van der Waals surface area contributed by atoms with Crippen molar-refractivity contribution in [1.82, 2.24) is 0 Å². The van der Waals surface area contributed by atoms with Gasteiger partial charge in [-0.1, -0.05) is 299 Å². The molecule has 18 heteroatoms. The van der Waals surface area contributed by atoms with Gasteiger partial charge in [-0.25, -0.2) is 13.2 Å². The first kappa shape index (κ1) is 95.4. The van der Waals surface area contributed by atoms with Crippen LogP contribution in [0.25, 0.3) is 78.5 Å². The minimum Gasteiger partial charge on any atom is -0.494 e. The molecule has 0 amide bonds. The fourth-order valence-electron chi connectivity index (χ4n) is 22.7. The molecule has 4 saturated heterocycles. The Kier molecular flexibility index (Phi) is 26.0. The Bertz CT molecular complexity index is 7960. The molecule has 8 heterocycles. The summed E-state index contributed by atoms with van der Waals surface area (Å²) < 4.78 is 105. The number of benzene rings is 17. The van der Waals surface area contributed by atoms with Crippen LogP contribution in [0.15, 0.2) is 364 Å². The lowest BCUT2D eigenvalue weighted by Gasteiger charge is -2.38. The molecule has 1 N–H and O–H groups in total. The molecule has 4 fully saturated rings. The zero-order valence-corrected chi connectivity index (χ0v) is 82.9. The fourth-order valence-corrected chi connectivity index (χ4v) is 22.7. The molecule has 8 aliphatic heterocycles. The summed E-state index contributed by atoms with van der Waals surface area (Å²) in [5, 5.41) is 21.0. The zero-order valence-electron chi connectivity index (χ0n) is 82.9. The Balaban J connectivity index is 0.000000109. The smallest absolute Gasteiger partial charge is 0.178 e. The van der Waals surface area contributed by atoms with Crippen molar-refractivity contribution < 1.29 is 65.6 Å². The number of aliphatic hydroxyl groups is 1. The second-order valence-electron chi connectivity index (χ2n) is 38.7. The van der Waals surface area contributed by atoms with E-state index < -0.39 is 39.6 Å². The Morgan fingerprint density at radius 2 is 0.689 bits per heavy atom. The summed E-state index contributed by atoms with van der Waals surface area (Å²) >= 11 is 0. The highest BCUT2D eigenvalue weighted by molar-refractivity contribution is 6.10. The molecular weight excluding hydrogens is 1850 g/mol. The lowest BCUT2D eigenvalue weighted by Crippen LogP contribution is -2.37. The molecule has 1 aliphatic carbocycles. The number of anilines is 4. The third kappa shape index (κ3) is 17.2. The number of methoxy groups -OCH3 is 2. The van der Waals surface area contributed by atoms with Crippen LogP contribution in [0, 0.1) is 29.8 Å². The number of hydrogen-bond donors (Lipinski definition) is 1. The molecule has 0 aromatic heterocycles. The SMILES string of the molecule is C#CC1(O)c2ccccc2-c2c1c1c(c3ccccc23)OC(c2ccccc2)(c2ccc(N3CCOCC3)cc2)C=C1.CC(C)c1cc2ccccc2c2c1C=CC(c1ccccc1)(c1ccccc1)O2.COc1ccc(C2(c3ccc(OC)c(F)c3)C=Cc3c(cc(N4CCOCC4)c4ccccc34)O2)cc1F.Fc1cccc(C2(c3ccc(N4CCOCC4)cc3)C=Cc3c(cc(N4CCOCC4)c4ccccc34)O2)c1. The Morgan fingerprint density at radius 1 is 0.331 bits per heavy atom. The van der Waals surface area contributed by atoms with E-state index >= 15 is 0 Å². The molecule has 0 saturated carbocycles. The van der Waals surface area contributed by atoms with Crippen LogP contribution in [-0.2, 0) is 47.0 Å². The second kappa shape index (κ2) is 40.4. The molecule has 0 spiro atoms. The third-order valence-electron chi connectivity index (χ3n) is 30.2. The molecule has 9 aliphatic rings. The van der Waals surface area contributed by atoms with Gasteiger partial charge in [-0.15, -0.1) is 6.42 Å². The number of hydrogen-bond acceptors (Lipinski definition) is 15. The summed E-state index contributed by atoms with van der Waals surface area (Å²) in [6, 6.07) is 112. The van der Waals surface area contributed by atoms with Gasteiger partial charge in [-0.3, -0.25) is 0 Å². The van der Waals surface area contributed by atoms with Gasteiger partial charge in [-0.05, 0) is 141 Å². The van der Waals surface area contributed by atoms with E-state index in [2.05, 4.69) is 282 Å². The quantitative estimate of drug-likeness (QED) is 0.0978. The van der Waals surface area contributed by atoms with Crippen molar-refractivity contribution >= 4 is 90.1 Å². The lowest BCUT2D eigenvalue weighted by molar-refractivity contribution is 0.122. The van der Waals surface area contributed by atoms with Gasteiger partial charge in [0.25, 0.3) is 0 Å². The van der Waals surface area contributed by atoms with E-state index in [-0.39, 0.29) is 17.3 Å². The van der Waals surface area contributed by atoms with Gasteiger partial charge < -0.3 is 72.1 Å². The standard InChI is InChI=1S/C38H29NO3.C33H31FN2O3.C31H27F2NO4.C28H24O/c1-2-37(40)33-15-9-8-14-31(33)34-29-12-6-7-13-30(29)36-32(35(34)37)20-21-38(42-36,26-10-4-3-5-11-26)27-16-18-28(19-17-27)39-22-24-41-25-23-39;34-26-5-3-4-25(22-26)33(24-8-10-27(11-9-24)35-14-18-37-19-15-35)13-12-30-28-6-1-2-7-29(28)31(23-32(30)39-33)36-16-20-38-21-17-36;1-35-28-9-7-20(17-25(28)32)31(21-8-10-29(36-2)26(33)18-21)12-11-24-22-5-3-4-6-23(22)27(19-30(24)38-31)34-13-15-37-16-14-34;1-20(2)26-19-21-11-9-10-16-24(21)27-25(26)17-18-28(29-27,22-12-5-3-6-13-22)23-14-7-4-8-15-23/h1,3-21,40H,22-25H2;1-13,22-23H,14-21H2;3-12,17-19H,13-16H2,1-2H3;3-20H,1-2H3. The predicted octanol–water partition coefficient (Wildman–Crippen LogP) is 26.5. The first-order valence-corrected chi connectivity index (χ1v) is 50.8. The average molecular weight is 1960 g/mol. The first-order chi connectivity index (χ1) is 72.6. The molecule has 0 radical (unpaired) electrons. The van der Waals surface area contributed by atoms with Gasteiger partial charge in [0.15, 0.2) is 51.1 Å². The van der Waals surface area contributed by atoms with Gasteiger partial charge in [-0.2, -0.15) is 0 Å². The van der Waals surface area contributed by atoms with Crippen molar-refractivity contribution in [1.29, 1.82) is 0 Å². The number of nitrogens with zero attached hydrogens (tertiary/aromatic N) is 4. The molecular formula is C130H111F3N4O11. The average Bonchev–Trinajstić information content (AvgIpc) is 1.52. The monoisotopic (exact) mass is 1960 g/mol. The van der Waals surface area contributed by atoms with E-state index in [4.69, 9.17) is 53.8 Å². The highest BCUT2D eigenvalue weighted by Gasteiger charge is 2.49. The number of fused-ring (bicyclic) bond motifs is 17. The van der Waals surface area contributed by atoms with Gasteiger partial charge in [0, 0.05) is 187 Å². The Hall–Kier alpha value is -16.1.